The molecule has 1 heterocycles. The van der Waals surface area contributed by atoms with Crippen LogP contribution in [0, 0.1) is 5.82 Å². The number of halogens is 1. The van der Waals surface area contributed by atoms with Gasteiger partial charge in [-0.05, 0) is 43.3 Å². The van der Waals surface area contributed by atoms with E-state index in [1.807, 2.05) is 0 Å². The second-order valence-electron chi connectivity index (χ2n) is 6.04. The van der Waals surface area contributed by atoms with Gasteiger partial charge in [-0.2, -0.15) is 5.10 Å². The van der Waals surface area contributed by atoms with Crippen LogP contribution in [-0.2, 0) is 9.53 Å². The van der Waals surface area contributed by atoms with E-state index in [1.54, 1.807) is 49.4 Å². The van der Waals surface area contributed by atoms with Crippen LogP contribution in [0.2, 0.25) is 0 Å². The lowest BCUT2D eigenvalue weighted by molar-refractivity contribution is -0.123. The van der Waals surface area contributed by atoms with Crippen LogP contribution in [0.1, 0.15) is 23.0 Å². The van der Waals surface area contributed by atoms with E-state index in [4.69, 9.17) is 13.9 Å². The van der Waals surface area contributed by atoms with Crippen molar-refractivity contribution in [1.82, 2.24) is 5.43 Å². The molecule has 3 rings (SSSR count). The fourth-order valence-corrected chi connectivity index (χ4v) is 2.47. The van der Waals surface area contributed by atoms with E-state index in [1.165, 1.54) is 24.4 Å². The van der Waals surface area contributed by atoms with Crippen molar-refractivity contribution >= 4 is 18.1 Å². The summed E-state index contributed by atoms with van der Waals surface area (Å²) in [5.41, 5.74) is 3.53. The molecule has 3 aromatic rings. The van der Waals surface area contributed by atoms with Crippen molar-refractivity contribution in [2.75, 3.05) is 13.2 Å². The molecule has 0 aliphatic rings. The van der Waals surface area contributed by atoms with Crippen molar-refractivity contribution in [3.8, 4) is 17.1 Å². The molecule has 30 heavy (non-hydrogen) atoms. The Balaban J connectivity index is 1.51. The minimum absolute atomic E-state index is 0.249. The quantitative estimate of drug-likeness (QED) is 0.347. The zero-order valence-corrected chi connectivity index (χ0v) is 16.1. The van der Waals surface area contributed by atoms with E-state index in [9.17, 15) is 14.0 Å². The zero-order valence-electron chi connectivity index (χ0n) is 16.1. The van der Waals surface area contributed by atoms with Crippen molar-refractivity contribution in [3.63, 3.8) is 0 Å². The van der Waals surface area contributed by atoms with Gasteiger partial charge in [-0.25, -0.2) is 14.6 Å². The first kappa shape index (κ1) is 20.8. The van der Waals surface area contributed by atoms with Crippen LogP contribution in [-0.4, -0.2) is 31.3 Å². The maximum atomic E-state index is 13.1. The third kappa shape index (κ3) is 5.78. The van der Waals surface area contributed by atoms with Crippen molar-refractivity contribution in [2.24, 2.45) is 5.10 Å². The molecule has 0 saturated carbocycles. The molecule has 1 N–H and O–H groups in total. The summed E-state index contributed by atoms with van der Waals surface area (Å²) in [5.74, 6) is -0.0856. The third-order valence-corrected chi connectivity index (χ3v) is 3.85. The topological polar surface area (TPSA) is 90.1 Å². The summed E-state index contributed by atoms with van der Waals surface area (Å²) < 4.78 is 28.8. The molecule has 2 aromatic carbocycles. The van der Waals surface area contributed by atoms with Gasteiger partial charge in [-0.1, -0.05) is 18.2 Å². The zero-order chi connectivity index (χ0) is 21.3. The minimum atomic E-state index is -0.503. The molecule has 0 spiro atoms. The lowest BCUT2D eigenvalue weighted by atomic mass is 10.1. The molecule has 0 aliphatic heterocycles. The predicted molar refractivity (Wildman–Crippen MR) is 108 cm³/mol. The van der Waals surface area contributed by atoms with Gasteiger partial charge in [0.05, 0.1) is 18.4 Å². The molecule has 0 aliphatic carbocycles. The molecule has 0 saturated heterocycles. The highest BCUT2D eigenvalue weighted by Crippen LogP contribution is 2.22. The van der Waals surface area contributed by atoms with E-state index < -0.39 is 11.7 Å². The van der Waals surface area contributed by atoms with E-state index in [0.29, 0.717) is 23.7 Å². The highest BCUT2D eigenvalue weighted by atomic mass is 19.1. The fourth-order valence-electron chi connectivity index (χ4n) is 2.47. The number of amides is 1. The predicted octanol–water partition coefficient (Wildman–Crippen LogP) is 3.79. The Kier molecular flexibility index (Phi) is 6.94. The summed E-state index contributed by atoms with van der Waals surface area (Å²) in [6, 6.07) is 15.7. The van der Waals surface area contributed by atoms with Gasteiger partial charge in [0, 0.05) is 11.6 Å². The van der Waals surface area contributed by atoms with Crippen molar-refractivity contribution in [3.05, 3.63) is 77.8 Å². The number of nitrogens with zero attached hydrogens (tertiary/aromatic N) is 1. The smallest absolute Gasteiger partial charge is 0.338 e. The number of esters is 1. The number of benzene rings is 2. The molecule has 7 nitrogen and oxygen atoms in total. The van der Waals surface area contributed by atoms with Crippen LogP contribution in [0.25, 0.3) is 11.3 Å². The number of furan rings is 1. The summed E-state index contributed by atoms with van der Waals surface area (Å²) in [6.07, 6.45) is 1.34. The summed E-state index contributed by atoms with van der Waals surface area (Å²) in [5, 5.41) is 3.80. The van der Waals surface area contributed by atoms with E-state index in [2.05, 4.69) is 10.5 Å². The molecule has 0 bridgehead atoms. The molecule has 0 unspecified atom stereocenters. The lowest BCUT2D eigenvalue weighted by Gasteiger charge is -2.04. The number of hydrogen-bond donors (Lipinski definition) is 1. The number of ether oxygens (including phenoxy) is 2. The molecule has 154 valence electrons. The Labute approximate surface area is 172 Å². The summed E-state index contributed by atoms with van der Waals surface area (Å²) in [7, 11) is 0. The van der Waals surface area contributed by atoms with E-state index >= 15 is 0 Å². The molecule has 1 aromatic heterocycles. The normalized spacial score (nSPS) is 10.7. The number of hydrogen-bond acceptors (Lipinski definition) is 6. The van der Waals surface area contributed by atoms with Gasteiger partial charge < -0.3 is 13.9 Å². The van der Waals surface area contributed by atoms with Crippen LogP contribution >= 0.6 is 0 Å². The van der Waals surface area contributed by atoms with Crippen LogP contribution in [0.4, 0.5) is 4.39 Å². The second-order valence-corrected chi connectivity index (χ2v) is 6.04. The van der Waals surface area contributed by atoms with Crippen molar-refractivity contribution in [2.45, 2.75) is 6.92 Å². The maximum absolute atomic E-state index is 13.1. The number of hydrazone groups is 1. The van der Waals surface area contributed by atoms with Gasteiger partial charge in [0.25, 0.3) is 5.91 Å². The first-order valence-electron chi connectivity index (χ1n) is 9.13. The van der Waals surface area contributed by atoms with E-state index in [-0.39, 0.29) is 18.3 Å². The Morgan fingerprint density at radius 3 is 2.67 bits per heavy atom. The van der Waals surface area contributed by atoms with Crippen molar-refractivity contribution in [1.29, 1.82) is 0 Å². The average molecular weight is 410 g/mol. The highest BCUT2D eigenvalue weighted by Gasteiger charge is 2.08. The minimum Gasteiger partial charge on any atom is -0.484 e. The Morgan fingerprint density at radius 2 is 1.93 bits per heavy atom. The summed E-state index contributed by atoms with van der Waals surface area (Å²) in [6.45, 7) is 1.75. The average Bonchev–Trinajstić information content (AvgIpc) is 3.21. The van der Waals surface area contributed by atoms with Crippen molar-refractivity contribution < 1.29 is 27.9 Å². The standard InChI is InChI=1S/C22H19FN2O5/c1-2-28-22(27)16-8-6-15(7-9-16)20-11-10-19(30-20)13-24-25-21(26)14-29-18-5-3-4-17(23)12-18/h3-13H,2,14H2,1H3,(H,25,26)/b24-13-. The lowest BCUT2D eigenvalue weighted by Crippen LogP contribution is -2.24. The fraction of sp³-hybridized carbons (Fsp3) is 0.136. The molecular weight excluding hydrogens is 391 g/mol. The molecule has 0 atom stereocenters. The van der Waals surface area contributed by atoms with Gasteiger partial charge in [0.15, 0.2) is 6.61 Å². The van der Waals surface area contributed by atoms with Gasteiger partial charge in [-0.15, -0.1) is 0 Å². The number of carbonyl (C=O) groups excluding carboxylic acids is 2. The SMILES string of the molecule is CCOC(=O)c1ccc(-c2ccc(/C=N\NC(=O)COc3cccc(F)c3)o2)cc1. The second kappa shape index (κ2) is 10.0. The number of carbonyl (C=O) groups is 2. The Morgan fingerprint density at radius 1 is 1.13 bits per heavy atom. The Bertz CT molecular complexity index is 1040. The first-order chi connectivity index (χ1) is 14.5. The molecule has 0 radical (unpaired) electrons. The summed E-state index contributed by atoms with van der Waals surface area (Å²) >= 11 is 0. The van der Waals surface area contributed by atoms with Crippen LogP contribution in [0.3, 0.4) is 0 Å². The highest BCUT2D eigenvalue weighted by molar-refractivity contribution is 5.90. The van der Waals surface area contributed by atoms with E-state index in [0.717, 1.165) is 5.56 Å². The largest absolute Gasteiger partial charge is 0.484 e. The van der Waals surface area contributed by atoms with Crippen LogP contribution in [0.15, 0.2) is 70.2 Å². The number of rotatable bonds is 8. The molecule has 0 fully saturated rings. The van der Waals surface area contributed by atoms with Crippen LogP contribution < -0.4 is 10.2 Å². The molecule has 1 amide bonds. The first-order valence-corrected chi connectivity index (χ1v) is 9.13. The third-order valence-electron chi connectivity index (χ3n) is 3.85. The molecule has 8 heteroatoms. The molecular formula is C22H19FN2O5. The van der Waals surface area contributed by atoms with Gasteiger partial charge in [0.1, 0.15) is 23.1 Å². The van der Waals surface area contributed by atoms with Gasteiger partial charge >= 0.3 is 5.97 Å². The van der Waals surface area contributed by atoms with Gasteiger partial charge in [0.2, 0.25) is 0 Å². The van der Waals surface area contributed by atoms with Crippen LogP contribution in [0.5, 0.6) is 5.75 Å². The van der Waals surface area contributed by atoms with Gasteiger partial charge in [-0.3, -0.25) is 4.79 Å². The maximum Gasteiger partial charge on any atom is 0.338 e. The Hall–Kier alpha value is -3.94. The summed E-state index contributed by atoms with van der Waals surface area (Å²) in [4.78, 5) is 23.4. The number of nitrogens with one attached hydrogen (secondary N) is 1. The monoisotopic (exact) mass is 410 g/mol.